The van der Waals surface area contributed by atoms with Gasteiger partial charge in [-0.25, -0.2) is 13.4 Å². The Labute approximate surface area is 155 Å². The van der Waals surface area contributed by atoms with Crippen LogP contribution in [-0.2, 0) is 22.9 Å². The van der Waals surface area contributed by atoms with Crippen LogP contribution in [0.5, 0.6) is 0 Å². The topological polar surface area (TPSA) is 74.3 Å². The van der Waals surface area contributed by atoms with Crippen molar-refractivity contribution in [1.82, 2.24) is 9.88 Å². The zero-order valence-electron chi connectivity index (χ0n) is 15.3. The lowest BCUT2D eigenvalue weighted by Gasteiger charge is -2.17. The first kappa shape index (κ1) is 18.7. The second kappa shape index (κ2) is 8.05. The normalized spacial score (nSPS) is 14.1. The predicted molar refractivity (Wildman–Crippen MR) is 105 cm³/mol. The number of sulfonamides is 1. The number of aryl methyl sites for hydroxylation is 2. The number of benzene rings is 1. The van der Waals surface area contributed by atoms with E-state index in [-0.39, 0.29) is 0 Å². The lowest BCUT2D eigenvalue weighted by atomic mass is 9.92. The Kier molecular flexibility index (Phi) is 5.78. The van der Waals surface area contributed by atoms with E-state index in [1.54, 1.807) is 24.3 Å². The molecule has 0 amide bonds. The van der Waals surface area contributed by atoms with Crippen LogP contribution in [0.1, 0.15) is 24.0 Å². The second-order valence-electron chi connectivity index (χ2n) is 6.91. The fraction of sp³-hybridized carbons (Fsp3) is 0.421. The maximum Gasteiger partial charge on any atom is 0.261 e. The minimum absolute atomic E-state index is 0.311. The van der Waals surface area contributed by atoms with E-state index in [4.69, 9.17) is 0 Å². The molecule has 140 valence electrons. The van der Waals surface area contributed by atoms with Gasteiger partial charge in [0.2, 0.25) is 0 Å². The predicted octanol–water partition coefficient (Wildman–Crippen LogP) is 2.73. The number of anilines is 2. The summed E-state index contributed by atoms with van der Waals surface area (Å²) < 4.78 is 27.9. The van der Waals surface area contributed by atoms with Gasteiger partial charge in [-0.1, -0.05) is 6.07 Å². The summed E-state index contributed by atoms with van der Waals surface area (Å²) in [7, 11) is 0.410. The number of pyridine rings is 1. The summed E-state index contributed by atoms with van der Waals surface area (Å²) in [6.45, 7) is 1.68. The van der Waals surface area contributed by atoms with Gasteiger partial charge in [0.05, 0.1) is 16.8 Å². The molecule has 3 rings (SSSR count). The van der Waals surface area contributed by atoms with E-state index >= 15 is 0 Å². The number of nitrogens with one attached hydrogen (secondary N) is 2. The molecule has 1 aromatic heterocycles. The summed E-state index contributed by atoms with van der Waals surface area (Å²) in [4.78, 5) is 6.66. The Morgan fingerprint density at radius 2 is 1.85 bits per heavy atom. The molecule has 0 aliphatic heterocycles. The summed E-state index contributed by atoms with van der Waals surface area (Å²) in [5.41, 5.74) is 2.88. The molecule has 0 spiro atoms. The maximum absolute atomic E-state index is 12.7. The fourth-order valence-electron chi connectivity index (χ4n) is 3.06. The largest absolute Gasteiger partial charge is 0.369 e. The van der Waals surface area contributed by atoms with Crippen LogP contribution < -0.4 is 10.0 Å². The van der Waals surface area contributed by atoms with Crippen LogP contribution in [-0.4, -0.2) is 45.5 Å². The number of rotatable bonds is 7. The highest BCUT2D eigenvalue weighted by Gasteiger charge is 2.18. The second-order valence-corrected chi connectivity index (χ2v) is 8.59. The van der Waals surface area contributed by atoms with Crippen LogP contribution in [0.15, 0.2) is 41.4 Å². The molecule has 0 fully saturated rings. The van der Waals surface area contributed by atoms with Gasteiger partial charge in [-0.05, 0) is 75.2 Å². The Balaban J connectivity index is 1.67. The molecular formula is C19H26N4O2S. The van der Waals surface area contributed by atoms with Gasteiger partial charge in [-0.2, -0.15) is 0 Å². The van der Waals surface area contributed by atoms with Crippen LogP contribution in [0.2, 0.25) is 0 Å². The van der Waals surface area contributed by atoms with E-state index in [0.29, 0.717) is 10.6 Å². The number of fused-ring (bicyclic) bond motifs is 1. The molecule has 0 atom stereocenters. The Bertz CT molecular complexity index is 848. The number of nitrogens with zero attached hydrogens (tertiary/aromatic N) is 2. The zero-order chi connectivity index (χ0) is 18.6. The number of hydrogen-bond acceptors (Lipinski definition) is 5. The smallest absolute Gasteiger partial charge is 0.261 e. The molecule has 0 saturated carbocycles. The molecular weight excluding hydrogens is 348 g/mol. The third-order valence-electron chi connectivity index (χ3n) is 4.51. The molecule has 7 heteroatoms. The molecule has 26 heavy (non-hydrogen) atoms. The molecule has 1 aliphatic rings. The molecule has 1 aromatic carbocycles. The van der Waals surface area contributed by atoms with E-state index < -0.39 is 10.0 Å². The van der Waals surface area contributed by atoms with Gasteiger partial charge < -0.3 is 10.2 Å². The van der Waals surface area contributed by atoms with Crippen molar-refractivity contribution in [3.05, 3.63) is 47.7 Å². The zero-order valence-corrected chi connectivity index (χ0v) is 16.1. The van der Waals surface area contributed by atoms with Gasteiger partial charge in [0.1, 0.15) is 5.82 Å². The van der Waals surface area contributed by atoms with Crippen LogP contribution in [0.25, 0.3) is 0 Å². The van der Waals surface area contributed by atoms with E-state index in [1.165, 1.54) is 18.2 Å². The van der Waals surface area contributed by atoms with E-state index in [9.17, 15) is 8.42 Å². The third-order valence-corrected chi connectivity index (χ3v) is 5.89. The standard InChI is InChI=1S/C19H26N4O2S/c1-23(2)12-11-20-19-10-8-17(14-21-19)22-26(24,25)18-9-7-15-5-3-4-6-16(15)13-18/h7-10,13-14,22H,3-6,11-12H2,1-2H3,(H,20,21). The summed E-state index contributed by atoms with van der Waals surface area (Å²) in [6, 6.07) is 8.94. The average molecular weight is 375 g/mol. The lowest BCUT2D eigenvalue weighted by molar-refractivity contribution is 0.425. The first-order chi connectivity index (χ1) is 12.4. The van der Waals surface area contributed by atoms with Gasteiger partial charge in [0.25, 0.3) is 10.0 Å². The van der Waals surface area contributed by atoms with Gasteiger partial charge >= 0.3 is 0 Å². The quantitative estimate of drug-likeness (QED) is 0.779. The molecule has 2 aromatic rings. The monoisotopic (exact) mass is 374 g/mol. The Hall–Kier alpha value is -2.12. The molecule has 6 nitrogen and oxygen atoms in total. The molecule has 0 unspecified atom stereocenters. The van der Waals surface area contributed by atoms with Crippen LogP contribution >= 0.6 is 0 Å². The van der Waals surface area contributed by atoms with Crippen LogP contribution in [0.4, 0.5) is 11.5 Å². The van der Waals surface area contributed by atoms with E-state index in [0.717, 1.165) is 43.7 Å². The van der Waals surface area contributed by atoms with Gasteiger partial charge in [-0.3, -0.25) is 4.72 Å². The van der Waals surface area contributed by atoms with Crippen molar-refractivity contribution in [3.63, 3.8) is 0 Å². The van der Waals surface area contributed by atoms with Crippen molar-refractivity contribution in [2.45, 2.75) is 30.6 Å². The fourth-order valence-corrected chi connectivity index (χ4v) is 4.15. The first-order valence-corrected chi connectivity index (χ1v) is 10.4. The van der Waals surface area contributed by atoms with Gasteiger partial charge in [0, 0.05) is 13.1 Å². The Morgan fingerprint density at radius 3 is 2.54 bits per heavy atom. The number of likely N-dealkylation sites (N-methyl/N-ethyl adjacent to an activating group) is 1. The molecule has 2 N–H and O–H groups in total. The highest BCUT2D eigenvalue weighted by Crippen LogP contribution is 2.25. The highest BCUT2D eigenvalue weighted by molar-refractivity contribution is 7.92. The summed E-state index contributed by atoms with van der Waals surface area (Å²) in [5.74, 6) is 0.726. The molecule has 1 aliphatic carbocycles. The molecule has 0 saturated heterocycles. The SMILES string of the molecule is CN(C)CCNc1ccc(NS(=O)(=O)c2ccc3c(c2)CCCC3)cn1. The van der Waals surface area contributed by atoms with E-state index in [2.05, 4.69) is 19.9 Å². The first-order valence-electron chi connectivity index (χ1n) is 8.93. The van der Waals surface area contributed by atoms with Gasteiger partial charge in [0.15, 0.2) is 0 Å². The summed E-state index contributed by atoms with van der Waals surface area (Å²) in [6.07, 6.45) is 5.82. The van der Waals surface area contributed by atoms with Crippen molar-refractivity contribution in [1.29, 1.82) is 0 Å². The lowest BCUT2D eigenvalue weighted by Crippen LogP contribution is -2.21. The van der Waals surface area contributed by atoms with Crippen molar-refractivity contribution in [2.24, 2.45) is 0 Å². The van der Waals surface area contributed by atoms with Crippen molar-refractivity contribution < 1.29 is 8.42 Å². The van der Waals surface area contributed by atoms with Crippen LogP contribution in [0, 0.1) is 0 Å². The van der Waals surface area contributed by atoms with E-state index in [1.807, 2.05) is 20.2 Å². The maximum atomic E-state index is 12.7. The van der Waals surface area contributed by atoms with Crippen LogP contribution in [0.3, 0.4) is 0 Å². The average Bonchev–Trinajstić information content (AvgIpc) is 2.62. The minimum atomic E-state index is -3.60. The van der Waals surface area contributed by atoms with Crippen molar-refractivity contribution in [2.75, 3.05) is 37.2 Å². The number of aromatic nitrogens is 1. The molecule has 1 heterocycles. The highest BCUT2D eigenvalue weighted by atomic mass is 32.2. The molecule has 0 radical (unpaired) electrons. The minimum Gasteiger partial charge on any atom is -0.369 e. The van der Waals surface area contributed by atoms with Gasteiger partial charge in [-0.15, -0.1) is 0 Å². The number of hydrogen-bond donors (Lipinski definition) is 2. The van der Waals surface area contributed by atoms with Crippen molar-refractivity contribution >= 4 is 21.5 Å². The molecule has 0 bridgehead atoms. The Morgan fingerprint density at radius 1 is 1.08 bits per heavy atom. The summed E-state index contributed by atoms with van der Waals surface area (Å²) in [5, 5.41) is 3.20. The summed E-state index contributed by atoms with van der Waals surface area (Å²) >= 11 is 0. The van der Waals surface area contributed by atoms with Crippen molar-refractivity contribution in [3.8, 4) is 0 Å². The third kappa shape index (κ3) is 4.74.